The Labute approximate surface area is 162 Å². The maximum absolute atomic E-state index is 5.98. The maximum atomic E-state index is 5.98. The van der Waals surface area contributed by atoms with Gasteiger partial charge >= 0.3 is 0 Å². The smallest absolute Gasteiger partial charge is 0.188 e. The fourth-order valence-electron chi connectivity index (χ4n) is 2.99. The van der Waals surface area contributed by atoms with Crippen molar-refractivity contribution in [3.8, 4) is 5.75 Å². The lowest BCUT2D eigenvalue weighted by Crippen LogP contribution is -2.19. The Morgan fingerprint density at radius 2 is 1.77 bits per heavy atom. The van der Waals surface area contributed by atoms with Gasteiger partial charge in [-0.25, -0.2) is 0 Å². The van der Waals surface area contributed by atoms with Crippen molar-refractivity contribution in [1.82, 2.24) is 0 Å². The first kappa shape index (κ1) is 21.4. The molecule has 0 radical (unpaired) electrons. The van der Waals surface area contributed by atoms with Gasteiger partial charge < -0.3 is 9.47 Å². The summed E-state index contributed by atoms with van der Waals surface area (Å²) in [7, 11) is 3.18. The molecule has 2 unspecified atom stereocenters. The van der Waals surface area contributed by atoms with Gasteiger partial charge in [-0.1, -0.05) is 53.6 Å². The first-order valence-electron chi connectivity index (χ1n) is 9.05. The fraction of sp³-hybridized carbons (Fsp3) is 0.455. The molecule has 0 aliphatic rings. The summed E-state index contributed by atoms with van der Waals surface area (Å²) in [6.45, 7) is 13.7. The second kappa shape index (κ2) is 9.32. The SMILES string of the molecule is COCOc1c(C)cc(C(C)(C)C)cc1Pc1c(C)cccc1CPC. The van der Waals surface area contributed by atoms with Crippen molar-refractivity contribution in [3.05, 3.63) is 52.6 Å². The van der Waals surface area contributed by atoms with Gasteiger partial charge in [0, 0.05) is 12.4 Å². The van der Waals surface area contributed by atoms with Gasteiger partial charge in [0.25, 0.3) is 0 Å². The average molecular weight is 390 g/mol. The molecule has 0 heterocycles. The summed E-state index contributed by atoms with van der Waals surface area (Å²) in [4.78, 5) is 0. The van der Waals surface area contributed by atoms with E-state index in [4.69, 9.17) is 9.47 Å². The van der Waals surface area contributed by atoms with E-state index in [9.17, 15) is 0 Å². The molecule has 26 heavy (non-hydrogen) atoms. The van der Waals surface area contributed by atoms with Crippen LogP contribution in [0.15, 0.2) is 30.3 Å². The molecule has 0 bridgehead atoms. The van der Waals surface area contributed by atoms with E-state index in [0.29, 0.717) is 8.58 Å². The number of benzene rings is 2. The van der Waals surface area contributed by atoms with Crippen molar-refractivity contribution in [2.24, 2.45) is 0 Å². The molecule has 0 amide bonds. The van der Waals surface area contributed by atoms with Gasteiger partial charge in [0.2, 0.25) is 0 Å². The first-order valence-corrected chi connectivity index (χ1v) is 11.8. The van der Waals surface area contributed by atoms with Crippen LogP contribution >= 0.6 is 17.2 Å². The molecule has 0 saturated carbocycles. The van der Waals surface area contributed by atoms with E-state index in [2.05, 4.69) is 71.6 Å². The highest BCUT2D eigenvalue weighted by Crippen LogP contribution is 2.32. The van der Waals surface area contributed by atoms with Crippen LogP contribution in [0, 0.1) is 13.8 Å². The number of hydrogen-bond acceptors (Lipinski definition) is 2. The van der Waals surface area contributed by atoms with Crippen LogP contribution < -0.4 is 15.3 Å². The minimum atomic E-state index is 0.114. The molecule has 142 valence electrons. The third kappa shape index (κ3) is 5.29. The largest absolute Gasteiger partial charge is 0.467 e. The van der Waals surface area contributed by atoms with Crippen LogP contribution in [0.3, 0.4) is 0 Å². The van der Waals surface area contributed by atoms with E-state index < -0.39 is 0 Å². The highest BCUT2D eigenvalue weighted by atomic mass is 31.1. The number of hydrogen-bond donors (Lipinski definition) is 0. The van der Waals surface area contributed by atoms with Crippen molar-refractivity contribution in [1.29, 1.82) is 0 Å². The molecule has 0 aromatic heterocycles. The summed E-state index contributed by atoms with van der Waals surface area (Å²) in [5.74, 6) is 0.978. The zero-order valence-corrected chi connectivity index (χ0v) is 19.1. The van der Waals surface area contributed by atoms with Crippen LogP contribution in [0.5, 0.6) is 5.75 Å². The van der Waals surface area contributed by atoms with E-state index in [0.717, 1.165) is 20.5 Å². The highest BCUT2D eigenvalue weighted by molar-refractivity contribution is 7.56. The molecule has 2 atom stereocenters. The van der Waals surface area contributed by atoms with E-state index in [1.807, 2.05) is 0 Å². The Hall–Kier alpha value is -0.940. The number of aryl methyl sites for hydroxylation is 2. The molecule has 0 aliphatic heterocycles. The fourth-order valence-corrected chi connectivity index (χ4v) is 5.33. The van der Waals surface area contributed by atoms with Gasteiger partial charge in [-0.3, -0.25) is 0 Å². The Kier molecular flexibility index (Phi) is 7.65. The van der Waals surface area contributed by atoms with Crippen molar-refractivity contribution in [2.45, 2.75) is 46.2 Å². The Morgan fingerprint density at radius 3 is 2.38 bits per heavy atom. The van der Waals surface area contributed by atoms with E-state index in [-0.39, 0.29) is 12.2 Å². The van der Waals surface area contributed by atoms with Gasteiger partial charge in [-0.05, 0) is 65.7 Å². The second-order valence-corrected chi connectivity index (χ2v) is 10.1. The molecule has 0 fully saturated rings. The first-order chi connectivity index (χ1) is 12.3. The van der Waals surface area contributed by atoms with Crippen LogP contribution in [0.4, 0.5) is 0 Å². The van der Waals surface area contributed by atoms with Gasteiger partial charge in [-0.15, -0.1) is 8.58 Å². The summed E-state index contributed by atoms with van der Waals surface area (Å²) in [6.07, 6.45) is 1.15. The lowest BCUT2D eigenvalue weighted by molar-refractivity contribution is 0.0514. The van der Waals surface area contributed by atoms with Crippen molar-refractivity contribution in [2.75, 3.05) is 20.6 Å². The summed E-state index contributed by atoms with van der Waals surface area (Å²) in [6, 6.07) is 11.3. The molecule has 2 rings (SSSR count). The lowest BCUT2D eigenvalue weighted by Gasteiger charge is -2.24. The number of rotatable bonds is 7. The van der Waals surface area contributed by atoms with Gasteiger partial charge in [0.05, 0.1) is 0 Å². The van der Waals surface area contributed by atoms with Gasteiger partial charge in [0.1, 0.15) is 5.75 Å². The molecule has 0 N–H and O–H groups in total. The van der Waals surface area contributed by atoms with Crippen molar-refractivity contribution >= 4 is 27.8 Å². The van der Waals surface area contributed by atoms with Gasteiger partial charge in [-0.2, -0.15) is 0 Å². The van der Waals surface area contributed by atoms with Crippen LogP contribution in [0.1, 0.15) is 43.0 Å². The average Bonchev–Trinajstić information content (AvgIpc) is 2.56. The Bertz CT molecular complexity index is 749. The van der Waals surface area contributed by atoms with Crippen molar-refractivity contribution in [3.63, 3.8) is 0 Å². The van der Waals surface area contributed by atoms with Crippen molar-refractivity contribution < 1.29 is 9.47 Å². The summed E-state index contributed by atoms with van der Waals surface area (Å²) >= 11 is 0. The van der Waals surface area contributed by atoms with Crippen LogP contribution in [-0.2, 0) is 16.3 Å². The van der Waals surface area contributed by atoms with Gasteiger partial charge in [0.15, 0.2) is 6.79 Å². The summed E-state index contributed by atoms with van der Waals surface area (Å²) < 4.78 is 11.2. The summed E-state index contributed by atoms with van der Waals surface area (Å²) in [5, 5.41) is 2.75. The zero-order valence-electron chi connectivity index (χ0n) is 17.1. The lowest BCUT2D eigenvalue weighted by atomic mass is 9.86. The molecular formula is C22H32O2P2. The third-order valence-electron chi connectivity index (χ3n) is 4.45. The third-order valence-corrected chi connectivity index (χ3v) is 6.79. The number of methoxy groups -OCH3 is 1. The Morgan fingerprint density at radius 1 is 1.04 bits per heavy atom. The molecule has 4 heteroatoms. The van der Waals surface area contributed by atoms with Crippen LogP contribution in [-0.4, -0.2) is 20.6 Å². The number of ether oxygens (including phenoxy) is 2. The summed E-state index contributed by atoms with van der Waals surface area (Å²) in [5.41, 5.74) is 5.50. The standard InChI is InChI=1S/C22H32O2P2/c1-15-9-8-10-17(13-25-7)21(15)26-19-12-18(22(3,4)5)11-16(2)20(19)24-14-23-6/h8-12,25-26H,13-14H2,1-7H3. The highest BCUT2D eigenvalue weighted by Gasteiger charge is 2.19. The molecule has 2 aromatic rings. The second-order valence-electron chi connectivity index (χ2n) is 7.74. The quantitative estimate of drug-likeness (QED) is 0.488. The monoisotopic (exact) mass is 390 g/mol. The minimum absolute atomic E-state index is 0.114. The predicted octanol–water partition coefficient (Wildman–Crippen LogP) is 5.02. The van der Waals surface area contributed by atoms with E-state index in [1.165, 1.54) is 32.9 Å². The minimum Gasteiger partial charge on any atom is -0.467 e. The molecule has 2 aromatic carbocycles. The molecule has 2 nitrogen and oxygen atoms in total. The predicted molar refractivity (Wildman–Crippen MR) is 119 cm³/mol. The normalized spacial score (nSPS) is 12.6. The zero-order chi connectivity index (χ0) is 19.3. The molecule has 0 spiro atoms. The molecule has 0 saturated heterocycles. The topological polar surface area (TPSA) is 18.5 Å². The Balaban J connectivity index is 2.55. The van der Waals surface area contributed by atoms with E-state index in [1.54, 1.807) is 7.11 Å². The maximum Gasteiger partial charge on any atom is 0.188 e. The van der Waals surface area contributed by atoms with Crippen LogP contribution in [0.2, 0.25) is 0 Å². The molecular weight excluding hydrogens is 358 g/mol. The molecule has 0 aliphatic carbocycles. The van der Waals surface area contributed by atoms with Crippen LogP contribution in [0.25, 0.3) is 0 Å². The van der Waals surface area contributed by atoms with E-state index >= 15 is 0 Å².